The van der Waals surface area contributed by atoms with Gasteiger partial charge >= 0.3 is 5.97 Å². The lowest BCUT2D eigenvalue weighted by Gasteiger charge is -2.09. The SMILES string of the molecule is Cc1cc2c(C(C)O)c(C)n(CCCN)c2cc1C(=O)O. The van der Waals surface area contributed by atoms with Crippen molar-refractivity contribution in [3.8, 4) is 0 Å². The predicted molar refractivity (Wildman–Crippen MR) is 82.7 cm³/mol. The molecule has 2 rings (SSSR count). The van der Waals surface area contributed by atoms with Crippen molar-refractivity contribution in [1.29, 1.82) is 0 Å². The van der Waals surface area contributed by atoms with Crippen molar-refractivity contribution < 1.29 is 15.0 Å². The third-order valence-electron chi connectivity index (χ3n) is 3.95. The fourth-order valence-corrected chi connectivity index (χ4v) is 2.95. The highest BCUT2D eigenvalue weighted by molar-refractivity contribution is 5.97. The van der Waals surface area contributed by atoms with E-state index in [1.807, 2.05) is 13.0 Å². The first-order valence-corrected chi connectivity index (χ1v) is 7.13. The Balaban J connectivity index is 2.78. The molecule has 4 N–H and O–H groups in total. The summed E-state index contributed by atoms with van der Waals surface area (Å²) in [4.78, 5) is 11.3. The van der Waals surface area contributed by atoms with Crippen LogP contribution in [0.1, 0.15) is 46.6 Å². The molecule has 0 aliphatic rings. The molecule has 1 aromatic carbocycles. The number of nitrogens with zero attached hydrogens (tertiary/aromatic N) is 1. The van der Waals surface area contributed by atoms with Gasteiger partial charge in [0, 0.05) is 28.7 Å². The number of fused-ring (bicyclic) bond motifs is 1. The Bertz CT molecular complexity index is 687. The number of nitrogens with two attached hydrogens (primary N) is 1. The van der Waals surface area contributed by atoms with E-state index in [1.165, 1.54) is 0 Å². The van der Waals surface area contributed by atoms with Crippen molar-refractivity contribution in [1.82, 2.24) is 4.57 Å². The van der Waals surface area contributed by atoms with Crippen LogP contribution in [0.25, 0.3) is 10.9 Å². The molecular weight excluding hydrogens is 268 g/mol. The molecule has 1 heterocycles. The average Bonchev–Trinajstić information content (AvgIpc) is 2.66. The Hall–Kier alpha value is -1.85. The first-order valence-electron chi connectivity index (χ1n) is 7.13. The minimum atomic E-state index is -0.933. The molecule has 114 valence electrons. The molecule has 0 saturated heterocycles. The lowest BCUT2D eigenvalue weighted by atomic mass is 10.0. The van der Waals surface area contributed by atoms with Crippen LogP contribution in [0.3, 0.4) is 0 Å². The number of rotatable bonds is 5. The monoisotopic (exact) mass is 290 g/mol. The Morgan fingerprint density at radius 3 is 2.57 bits per heavy atom. The van der Waals surface area contributed by atoms with Crippen LogP contribution in [-0.2, 0) is 6.54 Å². The number of benzene rings is 1. The van der Waals surface area contributed by atoms with Crippen LogP contribution in [-0.4, -0.2) is 27.3 Å². The summed E-state index contributed by atoms with van der Waals surface area (Å²) >= 11 is 0. The van der Waals surface area contributed by atoms with Crippen LogP contribution in [0.15, 0.2) is 12.1 Å². The molecule has 1 atom stereocenters. The van der Waals surface area contributed by atoms with E-state index >= 15 is 0 Å². The van der Waals surface area contributed by atoms with Crippen LogP contribution in [0.2, 0.25) is 0 Å². The molecule has 2 aromatic rings. The number of hydrogen-bond donors (Lipinski definition) is 3. The van der Waals surface area contributed by atoms with Gasteiger partial charge in [-0.15, -0.1) is 0 Å². The van der Waals surface area contributed by atoms with E-state index in [0.717, 1.165) is 28.6 Å². The van der Waals surface area contributed by atoms with Gasteiger partial charge < -0.3 is 20.5 Å². The van der Waals surface area contributed by atoms with Crippen molar-refractivity contribution in [3.63, 3.8) is 0 Å². The molecule has 0 saturated carbocycles. The minimum absolute atomic E-state index is 0.297. The van der Waals surface area contributed by atoms with Crippen molar-refractivity contribution in [2.24, 2.45) is 5.73 Å². The quantitative estimate of drug-likeness (QED) is 0.788. The van der Waals surface area contributed by atoms with Crippen molar-refractivity contribution in [2.45, 2.75) is 39.8 Å². The van der Waals surface area contributed by atoms with E-state index in [-0.39, 0.29) is 0 Å². The van der Waals surface area contributed by atoms with Gasteiger partial charge in [-0.25, -0.2) is 4.79 Å². The lowest BCUT2D eigenvalue weighted by Crippen LogP contribution is -2.08. The zero-order chi connectivity index (χ0) is 15.7. The summed E-state index contributed by atoms with van der Waals surface area (Å²) in [5.74, 6) is -0.933. The van der Waals surface area contributed by atoms with E-state index in [0.29, 0.717) is 24.2 Å². The third-order valence-corrected chi connectivity index (χ3v) is 3.95. The Morgan fingerprint density at radius 2 is 2.05 bits per heavy atom. The van der Waals surface area contributed by atoms with E-state index in [2.05, 4.69) is 4.57 Å². The van der Waals surface area contributed by atoms with Gasteiger partial charge in [-0.1, -0.05) is 0 Å². The number of aliphatic hydroxyl groups excluding tert-OH is 1. The summed E-state index contributed by atoms with van der Waals surface area (Å²) in [6, 6.07) is 3.55. The van der Waals surface area contributed by atoms with Gasteiger partial charge in [-0.05, 0) is 51.4 Å². The summed E-state index contributed by atoms with van der Waals surface area (Å²) in [6.07, 6.45) is 0.210. The highest BCUT2D eigenvalue weighted by Crippen LogP contribution is 2.33. The standard InChI is InChI=1S/C16H22N2O3/c1-9-7-13-14(8-12(9)16(20)21)18(6-4-5-17)10(2)15(13)11(3)19/h7-8,11,19H,4-6,17H2,1-3H3,(H,20,21). The smallest absolute Gasteiger partial charge is 0.336 e. The van der Waals surface area contributed by atoms with Crippen LogP contribution >= 0.6 is 0 Å². The normalized spacial score (nSPS) is 12.8. The molecule has 0 aliphatic heterocycles. The maximum atomic E-state index is 11.3. The molecule has 0 bridgehead atoms. The van der Waals surface area contributed by atoms with Gasteiger partial charge in [0.2, 0.25) is 0 Å². The van der Waals surface area contributed by atoms with Crippen molar-refractivity contribution >= 4 is 16.9 Å². The number of aryl methyl sites for hydroxylation is 2. The molecule has 0 amide bonds. The number of aliphatic hydroxyl groups is 1. The van der Waals surface area contributed by atoms with Gasteiger partial charge in [0.05, 0.1) is 11.7 Å². The molecule has 0 aliphatic carbocycles. The maximum absolute atomic E-state index is 11.3. The minimum Gasteiger partial charge on any atom is -0.478 e. The van der Waals surface area contributed by atoms with Crippen molar-refractivity contribution in [2.75, 3.05) is 6.54 Å². The summed E-state index contributed by atoms with van der Waals surface area (Å²) < 4.78 is 2.05. The number of carboxylic acids is 1. The first-order chi connectivity index (χ1) is 9.88. The van der Waals surface area contributed by atoms with Gasteiger partial charge in [-0.2, -0.15) is 0 Å². The molecule has 21 heavy (non-hydrogen) atoms. The van der Waals surface area contributed by atoms with E-state index in [9.17, 15) is 15.0 Å². The van der Waals surface area contributed by atoms with Crippen molar-refractivity contribution in [3.05, 3.63) is 34.5 Å². The fourth-order valence-electron chi connectivity index (χ4n) is 2.95. The zero-order valence-corrected chi connectivity index (χ0v) is 12.7. The van der Waals surface area contributed by atoms with Crippen LogP contribution < -0.4 is 5.73 Å². The van der Waals surface area contributed by atoms with Gasteiger partial charge in [-0.3, -0.25) is 0 Å². The number of hydrogen-bond acceptors (Lipinski definition) is 3. The van der Waals surface area contributed by atoms with E-state index < -0.39 is 12.1 Å². The lowest BCUT2D eigenvalue weighted by molar-refractivity contribution is 0.0696. The molecule has 5 nitrogen and oxygen atoms in total. The number of carboxylic acid groups (broad SMARTS) is 1. The number of aromatic nitrogens is 1. The highest BCUT2D eigenvalue weighted by Gasteiger charge is 2.20. The Labute approximate surface area is 124 Å². The van der Waals surface area contributed by atoms with Crippen LogP contribution in [0.5, 0.6) is 0 Å². The van der Waals surface area contributed by atoms with E-state index in [4.69, 9.17) is 5.73 Å². The maximum Gasteiger partial charge on any atom is 0.336 e. The molecule has 0 radical (unpaired) electrons. The molecule has 0 fully saturated rings. The Morgan fingerprint density at radius 1 is 1.38 bits per heavy atom. The first kappa shape index (κ1) is 15.5. The summed E-state index contributed by atoms with van der Waals surface area (Å²) in [5.41, 5.74) is 9.26. The highest BCUT2D eigenvalue weighted by atomic mass is 16.4. The summed E-state index contributed by atoms with van der Waals surface area (Å²) in [7, 11) is 0. The molecular formula is C16H22N2O3. The molecule has 1 unspecified atom stereocenters. The third kappa shape index (κ3) is 2.66. The second-order valence-electron chi connectivity index (χ2n) is 5.46. The topological polar surface area (TPSA) is 88.5 Å². The predicted octanol–water partition coefficient (Wildman–Crippen LogP) is 2.36. The summed E-state index contributed by atoms with van der Waals surface area (Å²) in [5, 5.41) is 20.3. The van der Waals surface area contributed by atoms with Gasteiger partial charge in [0.15, 0.2) is 0 Å². The van der Waals surface area contributed by atoms with Gasteiger partial charge in [0.25, 0.3) is 0 Å². The molecule has 1 aromatic heterocycles. The number of aromatic carboxylic acids is 1. The number of carbonyl (C=O) groups is 1. The summed E-state index contributed by atoms with van der Waals surface area (Å²) in [6.45, 7) is 6.75. The second-order valence-corrected chi connectivity index (χ2v) is 5.46. The van der Waals surface area contributed by atoms with Crippen LogP contribution in [0.4, 0.5) is 0 Å². The van der Waals surface area contributed by atoms with Gasteiger partial charge in [0.1, 0.15) is 0 Å². The molecule has 5 heteroatoms. The molecule has 0 spiro atoms. The average molecular weight is 290 g/mol. The Kier molecular flexibility index (Phi) is 4.34. The largest absolute Gasteiger partial charge is 0.478 e. The zero-order valence-electron chi connectivity index (χ0n) is 12.7. The van der Waals surface area contributed by atoms with Crippen LogP contribution in [0, 0.1) is 13.8 Å². The van der Waals surface area contributed by atoms with E-state index in [1.54, 1.807) is 19.9 Å². The fraction of sp³-hybridized carbons (Fsp3) is 0.438. The second kappa shape index (κ2) is 5.87.